The number of benzene rings is 2. The van der Waals surface area contributed by atoms with Crippen molar-refractivity contribution in [3.8, 4) is 6.07 Å². The average molecular weight is 641 g/mol. The molecule has 0 radical (unpaired) electrons. The maximum atomic E-state index is 13.7. The van der Waals surface area contributed by atoms with Gasteiger partial charge in [0.1, 0.15) is 0 Å². The van der Waals surface area contributed by atoms with E-state index in [1.165, 1.54) is 11.3 Å². The zero-order valence-electron chi connectivity index (χ0n) is 23.8. The van der Waals surface area contributed by atoms with Gasteiger partial charge in [0.15, 0.2) is 0 Å². The van der Waals surface area contributed by atoms with Crippen LogP contribution < -0.4 is 9.80 Å². The van der Waals surface area contributed by atoms with Gasteiger partial charge in [0.25, 0.3) is 5.91 Å². The van der Waals surface area contributed by atoms with E-state index in [4.69, 9.17) is 16.9 Å². The summed E-state index contributed by atoms with van der Waals surface area (Å²) in [6, 6.07) is 25.2. The molecule has 2 amide bonds. The number of hydrogen-bond acceptors (Lipinski definition) is 7. The molecule has 222 valence electrons. The molecule has 1 saturated heterocycles. The highest BCUT2D eigenvalue weighted by Crippen LogP contribution is 2.27. The summed E-state index contributed by atoms with van der Waals surface area (Å²) >= 11 is 8.91. The number of hydrogen-bond donors (Lipinski definition) is 0. The van der Waals surface area contributed by atoms with E-state index < -0.39 is 0 Å². The van der Waals surface area contributed by atoms with Gasteiger partial charge in [-0.25, -0.2) is 4.98 Å². The number of nitrogens with zero attached hydrogens (tertiary/aromatic N) is 6. The van der Waals surface area contributed by atoms with Crippen LogP contribution in [-0.4, -0.2) is 52.4 Å². The van der Waals surface area contributed by atoms with Gasteiger partial charge in [-0.3, -0.25) is 9.59 Å². The second-order valence-electron chi connectivity index (χ2n) is 10.5. The molecule has 0 spiro atoms. The Hall–Kier alpha value is -4.43. The highest BCUT2D eigenvalue weighted by Gasteiger charge is 2.24. The number of carbonyl (C=O) groups excluding carboxylic acids is 2. The van der Waals surface area contributed by atoms with Crippen molar-refractivity contribution in [2.45, 2.75) is 19.5 Å². The number of carbonyl (C=O) groups is 2. The van der Waals surface area contributed by atoms with Crippen LogP contribution in [0.2, 0.25) is 4.34 Å². The molecule has 0 unspecified atom stereocenters. The minimum absolute atomic E-state index is 0.00660. The fraction of sp³-hybridized carbons (Fsp3) is 0.212. The molecule has 0 atom stereocenters. The Morgan fingerprint density at radius 3 is 2.41 bits per heavy atom. The number of imidazole rings is 1. The van der Waals surface area contributed by atoms with Crippen molar-refractivity contribution in [1.29, 1.82) is 5.26 Å². The smallest absolute Gasteiger partial charge is 0.264 e. The van der Waals surface area contributed by atoms with Crippen molar-refractivity contribution in [1.82, 2.24) is 14.5 Å². The highest BCUT2D eigenvalue weighted by atomic mass is 35.5. The van der Waals surface area contributed by atoms with Crippen LogP contribution in [-0.2, 0) is 24.3 Å². The molecule has 0 bridgehead atoms. The lowest BCUT2D eigenvalue weighted by atomic mass is 10.1. The Labute approximate surface area is 269 Å². The van der Waals surface area contributed by atoms with Gasteiger partial charge in [-0.2, -0.15) is 5.26 Å². The van der Waals surface area contributed by atoms with Crippen LogP contribution in [0.5, 0.6) is 0 Å². The molecule has 44 heavy (non-hydrogen) atoms. The second-order valence-corrected chi connectivity index (χ2v) is 13.2. The van der Waals surface area contributed by atoms with Crippen molar-refractivity contribution in [2.75, 3.05) is 36.0 Å². The first kappa shape index (κ1) is 29.6. The van der Waals surface area contributed by atoms with Gasteiger partial charge < -0.3 is 19.3 Å². The summed E-state index contributed by atoms with van der Waals surface area (Å²) in [6.07, 6.45) is 3.89. The molecule has 6 rings (SSSR count). The summed E-state index contributed by atoms with van der Waals surface area (Å²) in [4.78, 5) is 38.6. The topological polar surface area (TPSA) is 85.5 Å². The highest BCUT2D eigenvalue weighted by molar-refractivity contribution is 7.18. The molecule has 8 nitrogen and oxygen atoms in total. The number of rotatable bonds is 9. The van der Waals surface area contributed by atoms with E-state index >= 15 is 0 Å². The number of nitriles is 1. The van der Waals surface area contributed by atoms with Gasteiger partial charge in [0, 0.05) is 55.2 Å². The Balaban J connectivity index is 1.16. The van der Waals surface area contributed by atoms with Crippen LogP contribution in [0.3, 0.4) is 0 Å². The number of amides is 2. The minimum atomic E-state index is 0.00660. The second kappa shape index (κ2) is 13.5. The van der Waals surface area contributed by atoms with Crippen molar-refractivity contribution in [3.05, 3.63) is 122 Å². The Kier molecular flexibility index (Phi) is 9.07. The Morgan fingerprint density at radius 2 is 1.75 bits per heavy atom. The molecule has 4 heterocycles. The summed E-state index contributed by atoms with van der Waals surface area (Å²) in [5.41, 5.74) is 4.43. The van der Waals surface area contributed by atoms with Gasteiger partial charge in [-0.1, -0.05) is 29.8 Å². The van der Waals surface area contributed by atoms with E-state index in [9.17, 15) is 9.59 Å². The van der Waals surface area contributed by atoms with Gasteiger partial charge >= 0.3 is 0 Å². The van der Waals surface area contributed by atoms with E-state index in [0.717, 1.165) is 40.6 Å². The lowest BCUT2D eigenvalue weighted by Gasteiger charge is -2.36. The van der Waals surface area contributed by atoms with E-state index in [-0.39, 0.29) is 11.8 Å². The third-order valence-corrected chi connectivity index (χ3v) is 9.73. The Bertz CT molecular complexity index is 1770. The van der Waals surface area contributed by atoms with Crippen LogP contribution in [0, 0.1) is 11.3 Å². The maximum Gasteiger partial charge on any atom is 0.264 e. The molecule has 2 aromatic carbocycles. The summed E-state index contributed by atoms with van der Waals surface area (Å²) in [5, 5.41) is 11.1. The lowest BCUT2D eigenvalue weighted by Crippen LogP contribution is -2.48. The normalized spacial score (nSPS) is 13.1. The van der Waals surface area contributed by atoms with Gasteiger partial charge in [0.05, 0.1) is 45.8 Å². The number of thiophene rings is 2. The van der Waals surface area contributed by atoms with Crippen LogP contribution in [0.4, 0.5) is 11.4 Å². The number of halogens is 1. The standard InChI is InChI=1S/C33H29ClN6O2S2/c34-31-12-11-30(44-31)33(42)38-15-13-37(14-16-38)26-7-9-27(10-8-26)40(32(41)18-29-2-1-17-43-29)22-28-20-36-23-39(28)21-25-5-3-24(19-35)4-6-25/h1-12,17,20,23H,13-16,18,21-22H2. The quantitative estimate of drug-likeness (QED) is 0.188. The SMILES string of the molecule is N#Cc1ccc(Cn2cncc2CN(C(=O)Cc2cccs2)c2ccc(N3CCN(C(=O)c4ccc(Cl)s4)CC3)cc2)cc1. The fourth-order valence-corrected chi connectivity index (χ4v) is 6.95. The molecular weight excluding hydrogens is 612 g/mol. The molecule has 1 aliphatic heterocycles. The minimum Gasteiger partial charge on any atom is -0.368 e. The van der Waals surface area contributed by atoms with Gasteiger partial charge in [0.2, 0.25) is 5.91 Å². The molecule has 1 aliphatic rings. The molecule has 0 aliphatic carbocycles. The predicted octanol–water partition coefficient (Wildman–Crippen LogP) is 6.32. The number of anilines is 2. The molecular formula is C33H29ClN6O2S2. The summed E-state index contributed by atoms with van der Waals surface area (Å²) in [7, 11) is 0. The van der Waals surface area contributed by atoms with Crippen LogP contribution in [0.1, 0.15) is 31.4 Å². The third kappa shape index (κ3) is 6.86. The van der Waals surface area contributed by atoms with Crippen molar-refractivity contribution in [3.63, 3.8) is 0 Å². The van der Waals surface area contributed by atoms with Gasteiger partial charge in [-0.05, 0) is 65.5 Å². The molecule has 0 saturated carbocycles. The Morgan fingerprint density at radius 1 is 0.977 bits per heavy atom. The van der Waals surface area contributed by atoms with Gasteiger partial charge in [-0.15, -0.1) is 22.7 Å². The monoisotopic (exact) mass is 640 g/mol. The average Bonchev–Trinajstić information content (AvgIpc) is 3.83. The maximum absolute atomic E-state index is 13.7. The van der Waals surface area contributed by atoms with Crippen LogP contribution in [0.25, 0.3) is 0 Å². The first-order valence-corrected chi connectivity index (χ1v) is 16.2. The summed E-state index contributed by atoms with van der Waals surface area (Å²) < 4.78 is 2.65. The molecule has 0 N–H and O–H groups in total. The summed E-state index contributed by atoms with van der Waals surface area (Å²) in [5.74, 6) is 0.0300. The van der Waals surface area contributed by atoms with Crippen molar-refractivity contribution >= 4 is 57.5 Å². The van der Waals surface area contributed by atoms with Crippen LogP contribution >= 0.6 is 34.3 Å². The molecule has 11 heteroatoms. The largest absolute Gasteiger partial charge is 0.368 e. The summed E-state index contributed by atoms with van der Waals surface area (Å²) in [6.45, 7) is 3.66. The zero-order valence-corrected chi connectivity index (χ0v) is 26.2. The first-order valence-electron chi connectivity index (χ1n) is 14.2. The van der Waals surface area contributed by atoms with E-state index in [1.54, 1.807) is 36.0 Å². The van der Waals surface area contributed by atoms with Crippen LogP contribution in [0.15, 0.2) is 90.7 Å². The predicted molar refractivity (Wildman–Crippen MR) is 176 cm³/mol. The van der Waals surface area contributed by atoms with E-state index in [2.05, 4.69) is 16.0 Å². The third-order valence-electron chi connectivity index (χ3n) is 7.64. The van der Waals surface area contributed by atoms with Crippen molar-refractivity contribution in [2.24, 2.45) is 0 Å². The first-order chi connectivity index (χ1) is 21.5. The number of piperazine rings is 1. The van der Waals surface area contributed by atoms with E-state index in [1.807, 2.05) is 80.4 Å². The molecule has 1 fully saturated rings. The number of aromatic nitrogens is 2. The van der Waals surface area contributed by atoms with Crippen molar-refractivity contribution < 1.29 is 9.59 Å². The van der Waals surface area contributed by atoms with E-state index in [0.29, 0.717) is 47.4 Å². The molecule has 5 aromatic rings. The molecule has 3 aromatic heterocycles. The lowest BCUT2D eigenvalue weighted by molar-refractivity contribution is -0.118. The fourth-order valence-electron chi connectivity index (χ4n) is 5.24. The zero-order chi connectivity index (χ0) is 30.5.